The molecule has 0 bridgehead atoms. The zero-order valence-corrected chi connectivity index (χ0v) is 22.0. The number of carboxylic acid groups (broad SMARTS) is 1. The number of carbonyl (C=O) groups is 2. The number of hydrogen-bond donors (Lipinski definition) is 1. The molecule has 0 aromatic heterocycles. The Morgan fingerprint density at radius 1 is 1.11 bits per heavy atom. The number of benzene rings is 2. The van der Waals surface area contributed by atoms with Crippen LogP contribution in [0.2, 0.25) is 0 Å². The van der Waals surface area contributed by atoms with Gasteiger partial charge in [-0.3, -0.25) is 10.1 Å². The van der Waals surface area contributed by atoms with Crippen molar-refractivity contribution in [3.05, 3.63) is 63.7 Å². The molecule has 1 unspecified atom stereocenters. The van der Waals surface area contributed by atoms with E-state index in [0.717, 1.165) is 31.2 Å². The molecule has 1 aliphatic rings. The van der Waals surface area contributed by atoms with E-state index in [-0.39, 0.29) is 31.0 Å². The van der Waals surface area contributed by atoms with Crippen LogP contribution in [0.15, 0.2) is 42.5 Å². The maximum atomic E-state index is 13.1. The van der Waals surface area contributed by atoms with Crippen LogP contribution in [0.4, 0.5) is 10.5 Å². The molecule has 38 heavy (non-hydrogen) atoms. The summed E-state index contributed by atoms with van der Waals surface area (Å²) in [7, 11) is 0. The van der Waals surface area contributed by atoms with Gasteiger partial charge in [-0.05, 0) is 62.4 Å². The molecule has 0 heterocycles. The van der Waals surface area contributed by atoms with E-state index < -0.39 is 23.1 Å². The summed E-state index contributed by atoms with van der Waals surface area (Å²) in [5.41, 5.74) is 1.20. The van der Waals surface area contributed by atoms with E-state index in [1.54, 1.807) is 55.1 Å². The molecule has 0 aliphatic heterocycles. The van der Waals surface area contributed by atoms with Crippen LogP contribution in [0.25, 0.3) is 0 Å². The Morgan fingerprint density at radius 3 is 2.42 bits per heavy atom. The molecule has 10 heteroatoms. The first-order valence-corrected chi connectivity index (χ1v) is 13.0. The van der Waals surface area contributed by atoms with Crippen LogP contribution in [0.1, 0.15) is 50.2 Å². The van der Waals surface area contributed by atoms with Crippen LogP contribution < -0.4 is 9.47 Å². The first-order chi connectivity index (χ1) is 18.3. The van der Waals surface area contributed by atoms with Crippen molar-refractivity contribution in [2.24, 2.45) is 5.92 Å². The van der Waals surface area contributed by atoms with Gasteiger partial charge in [-0.2, -0.15) is 0 Å². The van der Waals surface area contributed by atoms with Gasteiger partial charge in [0.15, 0.2) is 6.10 Å². The lowest BCUT2D eigenvalue weighted by Gasteiger charge is -2.29. The molecule has 3 rings (SSSR count). The molecule has 0 radical (unpaired) electrons. The lowest BCUT2D eigenvalue weighted by Crippen LogP contribution is -2.40. The molecule has 1 fully saturated rings. The number of nitro groups is 1. The van der Waals surface area contributed by atoms with E-state index in [2.05, 4.69) is 0 Å². The Bertz CT molecular complexity index is 1080. The predicted octanol–water partition coefficient (Wildman–Crippen LogP) is 5.40. The van der Waals surface area contributed by atoms with E-state index in [4.69, 9.17) is 14.2 Å². The number of amides is 1. The van der Waals surface area contributed by atoms with E-state index in [0.29, 0.717) is 30.4 Å². The van der Waals surface area contributed by atoms with Gasteiger partial charge in [-0.15, -0.1) is 0 Å². The van der Waals surface area contributed by atoms with Crippen LogP contribution in [-0.2, 0) is 16.0 Å². The van der Waals surface area contributed by atoms with Gasteiger partial charge < -0.3 is 24.2 Å². The zero-order chi connectivity index (χ0) is 27.5. The number of aliphatic carboxylic acids is 1. The minimum absolute atomic E-state index is 0.100. The van der Waals surface area contributed by atoms with Crippen molar-refractivity contribution in [3.63, 3.8) is 0 Å². The number of hydrogen-bond acceptors (Lipinski definition) is 7. The van der Waals surface area contributed by atoms with Crippen molar-refractivity contribution in [1.29, 1.82) is 0 Å². The maximum Gasteiger partial charge on any atom is 0.415 e. The Morgan fingerprint density at radius 2 is 1.79 bits per heavy atom. The molecule has 1 N–H and O–H groups in total. The van der Waals surface area contributed by atoms with Crippen molar-refractivity contribution < 1.29 is 33.8 Å². The van der Waals surface area contributed by atoms with E-state index >= 15 is 0 Å². The molecular weight excluding hydrogens is 492 g/mol. The summed E-state index contributed by atoms with van der Waals surface area (Å²) in [5, 5.41) is 20.5. The highest BCUT2D eigenvalue weighted by Gasteiger charge is 2.24. The standard InChI is InChI=1S/C28H36N2O8/c1-3-36-26(27(31)32)17-21-10-13-23(14-11-21)37-16-15-29(19-22-7-5-4-6-8-22)28(33)38-24-12-9-20(2)25(18-24)30(34)35/h9-14,18,22,26H,3-8,15-17,19H2,1-2H3,(H,31,32). The molecule has 1 saturated carbocycles. The van der Waals surface area contributed by atoms with Gasteiger partial charge in [0, 0.05) is 25.1 Å². The van der Waals surface area contributed by atoms with Crippen LogP contribution in [0.5, 0.6) is 11.5 Å². The highest BCUT2D eigenvalue weighted by molar-refractivity contribution is 5.72. The molecule has 206 valence electrons. The third kappa shape index (κ3) is 8.72. The number of carbonyl (C=O) groups excluding carboxylic acids is 1. The summed E-state index contributed by atoms with van der Waals surface area (Å²) >= 11 is 0. The normalized spacial score (nSPS) is 14.5. The highest BCUT2D eigenvalue weighted by Crippen LogP contribution is 2.27. The van der Waals surface area contributed by atoms with Crippen molar-refractivity contribution in [3.8, 4) is 11.5 Å². The van der Waals surface area contributed by atoms with Crippen molar-refractivity contribution in [2.75, 3.05) is 26.3 Å². The second-order valence-corrected chi connectivity index (χ2v) is 9.50. The maximum absolute atomic E-state index is 13.1. The second-order valence-electron chi connectivity index (χ2n) is 9.50. The van der Waals surface area contributed by atoms with E-state index in [9.17, 15) is 24.8 Å². The Kier molecular flexibility index (Phi) is 10.9. The van der Waals surface area contributed by atoms with Crippen molar-refractivity contribution in [1.82, 2.24) is 4.90 Å². The van der Waals surface area contributed by atoms with Gasteiger partial charge in [-0.1, -0.05) is 31.4 Å². The van der Waals surface area contributed by atoms with Crippen LogP contribution >= 0.6 is 0 Å². The molecule has 1 amide bonds. The summed E-state index contributed by atoms with van der Waals surface area (Å²) in [6, 6.07) is 11.5. The fourth-order valence-electron chi connectivity index (χ4n) is 4.58. The molecule has 0 spiro atoms. The lowest BCUT2D eigenvalue weighted by atomic mass is 9.89. The van der Waals surface area contributed by atoms with Crippen molar-refractivity contribution >= 4 is 17.7 Å². The molecule has 1 aliphatic carbocycles. The molecular formula is C28H36N2O8. The molecule has 1 atom stereocenters. The summed E-state index contributed by atoms with van der Waals surface area (Å²) in [5.74, 6) is 0.0918. The number of ether oxygens (including phenoxy) is 3. The predicted molar refractivity (Wildman–Crippen MR) is 141 cm³/mol. The van der Waals surface area contributed by atoms with Gasteiger partial charge in [-0.25, -0.2) is 9.59 Å². The first kappa shape index (κ1) is 28.9. The SMILES string of the molecule is CCOC(Cc1ccc(OCCN(CC2CCCCC2)C(=O)Oc2ccc(C)c([N+](=O)[O-])c2)cc1)C(=O)O. The number of nitro benzene ring substituents is 1. The smallest absolute Gasteiger partial charge is 0.415 e. The van der Waals surface area contributed by atoms with Gasteiger partial charge in [0.25, 0.3) is 5.69 Å². The summed E-state index contributed by atoms with van der Waals surface area (Å²) in [6.07, 6.45) is 4.33. The Balaban J connectivity index is 1.61. The van der Waals surface area contributed by atoms with Gasteiger partial charge in [0.1, 0.15) is 18.1 Å². The fourth-order valence-corrected chi connectivity index (χ4v) is 4.58. The van der Waals surface area contributed by atoms with E-state index in [1.807, 2.05) is 0 Å². The Labute approximate surface area is 222 Å². The van der Waals surface area contributed by atoms with Gasteiger partial charge in [0.2, 0.25) is 0 Å². The van der Waals surface area contributed by atoms with E-state index in [1.165, 1.54) is 12.5 Å². The number of aryl methyl sites for hydroxylation is 1. The zero-order valence-electron chi connectivity index (χ0n) is 22.0. The quantitative estimate of drug-likeness (QED) is 0.270. The third-order valence-electron chi connectivity index (χ3n) is 6.66. The Hall–Kier alpha value is -3.66. The summed E-state index contributed by atoms with van der Waals surface area (Å²) < 4.78 is 16.7. The molecule has 2 aromatic carbocycles. The molecule has 0 saturated heterocycles. The van der Waals surface area contributed by atoms with Crippen LogP contribution in [-0.4, -0.2) is 59.4 Å². The number of nitrogens with zero attached hydrogens (tertiary/aromatic N) is 2. The largest absolute Gasteiger partial charge is 0.492 e. The monoisotopic (exact) mass is 528 g/mol. The van der Waals surface area contributed by atoms with Gasteiger partial charge in [0.05, 0.1) is 17.5 Å². The average molecular weight is 529 g/mol. The summed E-state index contributed by atoms with van der Waals surface area (Å²) in [6.45, 7) is 4.75. The van der Waals surface area contributed by atoms with Crippen LogP contribution in [0, 0.1) is 23.0 Å². The minimum atomic E-state index is -1.00. The van der Waals surface area contributed by atoms with Crippen LogP contribution in [0.3, 0.4) is 0 Å². The minimum Gasteiger partial charge on any atom is -0.492 e. The lowest BCUT2D eigenvalue weighted by molar-refractivity contribution is -0.385. The fraction of sp³-hybridized carbons (Fsp3) is 0.500. The second kappa shape index (κ2) is 14.3. The highest BCUT2D eigenvalue weighted by atomic mass is 16.6. The number of carboxylic acids is 1. The third-order valence-corrected chi connectivity index (χ3v) is 6.66. The summed E-state index contributed by atoms with van der Waals surface area (Å²) in [4.78, 5) is 36.8. The van der Waals surface area contributed by atoms with Gasteiger partial charge >= 0.3 is 12.1 Å². The average Bonchev–Trinajstić information content (AvgIpc) is 2.90. The topological polar surface area (TPSA) is 128 Å². The molecule has 2 aromatic rings. The number of rotatable bonds is 13. The molecule has 10 nitrogen and oxygen atoms in total. The first-order valence-electron chi connectivity index (χ1n) is 13.0. The van der Waals surface area contributed by atoms with Crippen molar-refractivity contribution in [2.45, 2.75) is 58.5 Å².